The molecule has 3 aromatic carbocycles. The Morgan fingerprint density at radius 3 is 2.08 bits per heavy atom. The molecule has 1 aliphatic heterocycles. The summed E-state index contributed by atoms with van der Waals surface area (Å²) in [7, 11) is -0.418. The maximum absolute atomic E-state index is 6.24. The Balaban J connectivity index is 1.79. The normalized spacial score (nSPS) is 19.9. The topological polar surface area (TPSA) is 31.6 Å². The first kappa shape index (κ1) is 14.3. The van der Waals surface area contributed by atoms with E-state index >= 15 is 0 Å². The van der Waals surface area contributed by atoms with E-state index in [4.69, 9.17) is 13.7 Å². The molecule has 0 N–H and O–H groups in total. The van der Waals surface area contributed by atoms with Gasteiger partial charge in [-0.3, -0.25) is 0 Å². The molecule has 1 saturated heterocycles. The molecule has 0 radical (unpaired) electrons. The fourth-order valence-corrected chi connectivity index (χ4v) is 3.61. The number of hydrogen-bond donors (Lipinski definition) is 0. The summed E-state index contributed by atoms with van der Waals surface area (Å²) in [5.74, 6) is 0. The van der Waals surface area contributed by atoms with E-state index < -0.39 is 7.12 Å². The summed E-state index contributed by atoms with van der Waals surface area (Å²) in [6.07, 6.45) is 0. The Bertz CT molecular complexity index is 1060. The molecule has 4 heteroatoms. The SMILES string of the molecule is CC1(C)OB(c2ccc3ccc4cccc5oc2c3c45)OC1(C)C. The highest BCUT2D eigenvalue weighted by molar-refractivity contribution is 6.65. The van der Waals surface area contributed by atoms with E-state index in [0.717, 1.165) is 22.0 Å². The summed E-state index contributed by atoms with van der Waals surface area (Å²) >= 11 is 0. The van der Waals surface area contributed by atoms with Crippen LogP contribution in [0.2, 0.25) is 0 Å². The molecular weight excluding hydrogens is 299 g/mol. The Morgan fingerprint density at radius 1 is 0.750 bits per heavy atom. The van der Waals surface area contributed by atoms with Crippen LogP contribution in [-0.4, -0.2) is 18.3 Å². The number of rotatable bonds is 1. The van der Waals surface area contributed by atoms with Crippen molar-refractivity contribution >= 4 is 45.3 Å². The lowest BCUT2D eigenvalue weighted by atomic mass is 9.77. The van der Waals surface area contributed by atoms with Crippen molar-refractivity contribution < 1.29 is 13.7 Å². The summed E-state index contributed by atoms with van der Waals surface area (Å²) < 4.78 is 18.7. The van der Waals surface area contributed by atoms with Gasteiger partial charge in [-0.05, 0) is 44.5 Å². The Labute approximate surface area is 141 Å². The van der Waals surface area contributed by atoms with Gasteiger partial charge in [0.2, 0.25) is 0 Å². The summed E-state index contributed by atoms with van der Waals surface area (Å²) in [6, 6.07) is 14.7. The summed E-state index contributed by atoms with van der Waals surface area (Å²) in [4.78, 5) is 0. The maximum atomic E-state index is 6.24. The van der Waals surface area contributed by atoms with Crippen molar-refractivity contribution in [3.8, 4) is 0 Å². The van der Waals surface area contributed by atoms with Crippen molar-refractivity contribution in [2.45, 2.75) is 38.9 Å². The van der Waals surface area contributed by atoms with Gasteiger partial charge in [0.25, 0.3) is 0 Å². The van der Waals surface area contributed by atoms with Gasteiger partial charge >= 0.3 is 7.12 Å². The molecular formula is C20H19BO3. The fourth-order valence-electron chi connectivity index (χ4n) is 3.61. The van der Waals surface area contributed by atoms with Crippen LogP contribution < -0.4 is 5.46 Å². The first-order chi connectivity index (χ1) is 11.4. The molecule has 2 heterocycles. The van der Waals surface area contributed by atoms with Crippen molar-refractivity contribution in [1.29, 1.82) is 0 Å². The van der Waals surface area contributed by atoms with Crippen LogP contribution in [0, 0.1) is 0 Å². The molecule has 1 aromatic heterocycles. The number of benzene rings is 3. The lowest BCUT2D eigenvalue weighted by Gasteiger charge is -2.32. The minimum atomic E-state index is -0.418. The molecule has 4 aromatic rings. The van der Waals surface area contributed by atoms with Crippen LogP contribution >= 0.6 is 0 Å². The van der Waals surface area contributed by atoms with E-state index in [0.29, 0.717) is 0 Å². The quantitative estimate of drug-likeness (QED) is 0.383. The molecule has 0 saturated carbocycles. The molecule has 0 aliphatic carbocycles. The van der Waals surface area contributed by atoms with Gasteiger partial charge in [-0.15, -0.1) is 0 Å². The highest BCUT2D eigenvalue weighted by atomic mass is 16.7. The Hall–Kier alpha value is -2.04. The molecule has 1 aliphatic rings. The van der Waals surface area contributed by atoms with Crippen molar-refractivity contribution in [3.05, 3.63) is 42.5 Å². The zero-order chi connectivity index (χ0) is 16.7. The molecule has 0 bridgehead atoms. The van der Waals surface area contributed by atoms with E-state index in [1.54, 1.807) is 0 Å². The summed E-state index contributed by atoms with van der Waals surface area (Å²) in [5, 5.41) is 4.73. The highest BCUT2D eigenvalue weighted by Crippen LogP contribution is 2.39. The summed E-state index contributed by atoms with van der Waals surface area (Å²) in [6.45, 7) is 8.28. The first-order valence-electron chi connectivity index (χ1n) is 8.39. The molecule has 5 rings (SSSR count). The molecule has 24 heavy (non-hydrogen) atoms. The third-order valence-corrected chi connectivity index (χ3v) is 5.69. The molecule has 0 amide bonds. The average molecular weight is 318 g/mol. The van der Waals surface area contributed by atoms with Gasteiger partial charge < -0.3 is 13.7 Å². The van der Waals surface area contributed by atoms with Crippen molar-refractivity contribution in [2.75, 3.05) is 0 Å². The van der Waals surface area contributed by atoms with Crippen LogP contribution in [0.3, 0.4) is 0 Å². The van der Waals surface area contributed by atoms with Crippen LogP contribution in [0.25, 0.3) is 32.7 Å². The zero-order valence-corrected chi connectivity index (χ0v) is 14.3. The van der Waals surface area contributed by atoms with E-state index in [1.807, 2.05) is 12.1 Å². The van der Waals surface area contributed by atoms with E-state index in [1.165, 1.54) is 16.2 Å². The van der Waals surface area contributed by atoms with Crippen LogP contribution in [0.15, 0.2) is 46.9 Å². The third-order valence-electron chi connectivity index (χ3n) is 5.69. The van der Waals surface area contributed by atoms with Gasteiger partial charge in [0.1, 0.15) is 11.2 Å². The van der Waals surface area contributed by atoms with Crippen molar-refractivity contribution in [3.63, 3.8) is 0 Å². The second kappa shape index (κ2) is 4.32. The molecule has 0 unspecified atom stereocenters. The number of furan rings is 1. The van der Waals surface area contributed by atoms with E-state index in [2.05, 4.69) is 58.0 Å². The molecule has 0 spiro atoms. The van der Waals surface area contributed by atoms with Crippen LogP contribution in [0.5, 0.6) is 0 Å². The smallest absolute Gasteiger partial charge is 0.456 e. The second-order valence-electron chi connectivity index (χ2n) is 7.69. The average Bonchev–Trinajstić information content (AvgIpc) is 3.01. The lowest BCUT2D eigenvalue weighted by Crippen LogP contribution is -2.41. The van der Waals surface area contributed by atoms with Gasteiger partial charge in [0.05, 0.1) is 11.2 Å². The van der Waals surface area contributed by atoms with Gasteiger partial charge in [0.15, 0.2) is 0 Å². The van der Waals surface area contributed by atoms with Gasteiger partial charge in [-0.25, -0.2) is 0 Å². The predicted octanol–water partition coefficient (Wildman–Crippen LogP) is 4.48. The van der Waals surface area contributed by atoms with E-state index in [9.17, 15) is 0 Å². The fraction of sp³-hybridized carbons (Fsp3) is 0.300. The van der Waals surface area contributed by atoms with Crippen LogP contribution in [0.4, 0.5) is 0 Å². The summed E-state index contributed by atoms with van der Waals surface area (Å²) in [5.41, 5.74) is 2.02. The maximum Gasteiger partial charge on any atom is 0.498 e. The molecule has 1 fully saturated rings. The molecule has 3 nitrogen and oxygen atoms in total. The second-order valence-corrected chi connectivity index (χ2v) is 7.69. The highest BCUT2D eigenvalue weighted by Gasteiger charge is 2.52. The monoisotopic (exact) mass is 318 g/mol. The standard InChI is InChI=1S/C20H19BO3/c1-19(2)20(3,4)24-21(23-19)14-11-10-13-9-8-12-6-5-7-15-16(12)17(13)18(14)22-15/h5-11H,1-4H3. The Morgan fingerprint density at radius 2 is 1.38 bits per heavy atom. The first-order valence-corrected chi connectivity index (χ1v) is 8.39. The lowest BCUT2D eigenvalue weighted by molar-refractivity contribution is 0.00578. The minimum Gasteiger partial charge on any atom is -0.456 e. The van der Waals surface area contributed by atoms with E-state index in [-0.39, 0.29) is 11.2 Å². The van der Waals surface area contributed by atoms with Crippen molar-refractivity contribution in [2.24, 2.45) is 0 Å². The predicted molar refractivity (Wildman–Crippen MR) is 98.1 cm³/mol. The minimum absolute atomic E-state index is 0.364. The zero-order valence-electron chi connectivity index (χ0n) is 14.3. The van der Waals surface area contributed by atoms with Crippen molar-refractivity contribution in [1.82, 2.24) is 0 Å². The van der Waals surface area contributed by atoms with Gasteiger partial charge in [0, 0.05) is 16.2 Å². The van der Waals surface area contributed by atoms with Crippen LogP contribution in [0.1, 0.15) is 27.7 Å². The van der Waals surface area contributed by atoms with Crippen LogP contribution in [-0.2, 0) is 9.31 Å². The third kappa shape index (κ3) is 1.70. The Kier molecular flexibility index (Phi) is 2.58. The van der Waals surface area contributed by atoms with Gasteiger partial charge in [-0.1, -0.05) is 36.4 Å². The largest absolute Gasteiger partial charge is 0.498 e. The molecule has 120 valence electrons. The van der Waals surface area contributed by atoms with Gasteiger partial charge in [-0.2, -0.15) is 0 Å². The molecule has 0 atom stereocenters. The number of hydrogen-bond acceptors (Lipinski definition) is 3.